The molecular weight excluding hydrogens is 225 g/mol. The summed E-state index contributed by atoms with van der Waals surface area (Å²) in [5.41, 5.74) is 5.30. The van der Waals surface area contributed by atoms with Crippen LogP contribution in [0.4, 0.5) is 4.39 Å². The van der Waals surface area contributed by atoms with Gasteiger partial charge in [0.2, 0.25) is 0 Å². The van der Waals surface area contributed by atoms with E-state index >= 15 is 0 Å². The molecule has 0 heterocycles. The smallest absolute Gasteiger partial charge is 0.131 e. The first-order valence-corrected chi connectivity index (χ1v) is 6.13. The SMILES string of the molecule is CNCc1c(C)cc(-c2ccccc2F)cc1C. The van der Waals surface area contributed by atoms with Gasteiger partial charge in [0.15, 0.2) is 0 Å². The second kappa shape index (κ2) is 5.32. The fraction of sp³-hybridized carbons (Fsp3) is 0.250. The molecule has 0 aliphatic heterocycles. The summed E-state index contributed by atoms with van der Waals surface area (Å²) in [5, 5.41) is 3.16. The van der Waals surface area contributed by atoms with Gasteiger partial charge in [-0.25, -0.2) is 4.39 Å². The van der Waals surface area contributed by atoms with Crippen molar-refractivity contribution < 1.29 is 4.39 Å². The minimum atomic E-state index is -0.169. The van der Waals surface area contributed by atoms with Gasteiger partial charge in [0.1, 0.15) is 5.82 Å². The maximum atomic E-state index is 13.8. The maximum Gasteiger partial charge on any atom is 0.131 e. The summed E-state index contributed by atoms with van der Waals surface area (Å²) in [7, 11) is 1.93. The Bertz CT molecular complexity index is 538. The fourth-order valence-corrected chi connectivity index (χ4v) is 2.30. The highest BCUT2D eigenvalue weighted by Crippen LogP contribution is 2.27. The number of halogens is 1. The second-order valence-corrected chi connectivity index (χ2v) is 4.60. The summed E-state index contributed by atoms with van der Waals surface area (Å²) in [4.78, 5) is 0. The zero-order chi connectivity index (χ0) is 13.1. The molecule has 0 saturated carbocycles. The molecule has 0 aromatic heterocycles. The van der Waals surface area contributed by atoms with E-state index in [0.717, 1.165) is 12.1 Å². The average Bonchev–Trinajstić information content (AvgIpc) is 2.34. The molecule has 2 aromatic carbocycles. The Morgan fingerprint density at radius 1 is 1.06 bits per heavy atom. The topological polar surface area (TPSA) is 12.0 Å². The summed E-state index contributed by atoms with van der Waals surface area (Å²) in [6.45, 7) is 4.99. The first kappa shape index (κ1) is 12.8. The van der Waals surface area contributed by atoms with Gasteiger partial charge in [-0.2, -0.15) is 0 Å². The van der Waals surface area contributed by atoms with Crippen LogP contribution in [0.3, 0.4) is 0 Å². The van der Waals surface area contributed by atoms with Crippen LogP contribution in [0, 0.1) is 19.7 Å². The van der Waals surface area contributed by atoms with E-state index in [1.165, 1.54) is 22.8 Å². The van der Waals surface area contributed by atoms with Crippen molar-refractivity contribution in [3.63, 3.8) is 0 Å². The average molecular weight is 243 g/mol. The summed E-state index contributed by atoms with van der Waals surface area (Å²) in [6, 6.07) is 11.0. The fourth-order valence-electron chi connectivity index (χ4n) is 2.30. The molecule has 2 heteroatoms. The summed E-state index contributed by atoms with van der Waals surface area (Å²) in [6.07, 6.45) is 0. The third-order valence-corrected chi connectivity index (χ3v) is 3.23. The maximum absolute atomic E-state index is 13.8. The Balaban J connectivity index is 2.52. The lowest BCUT2D eigenvalue weighted by atomic mass is 9.95. The number of hydrogen-bond donors (Lipinski definition) is 1. The zero-order valence-electron chi connectivity index (χ0n) is 11.0. The first-order valence-electron chi connectivity index (χ1n) is 6.13. The molecule has 0 amide bonds. The van der Waals surface area contributed by atoms with E-state index in [9.17, 15) is 4.39 Å². The Morgan fingerprint density at radius 2 is 1.67 bits per heavy atom. The molecule has 0 fully saturated rings. The molecule has 1 N–H and O–H groups in total. The van der Waals surface area contributed by atoms with Crippen LogP contribution in [-0.2, 0) is 6.54 Å². The Morgan fingerprint density at radius 3 is 2.22 bits per heavy atom. The molecule has 18 heavy (non-hydrogen) atoms. The van der Waals surface area contributed by atoms with E-state index in [4.69, 9.17) is 0 Å². The van der Waals surface area contributed by atoms with E-state index in [1.807, 2.05) is 19.2 Å². The standard InChI is InChI=1S/C16H18FN/c1-11-8-13(9-12(2)15(11)10-18-3)14-6-4-5-7-16(14)17/h4-9,18H,10H2,1-3H3. The highest BCUT2D eigenvalue weighted by atomic mass is 19.1. The zero-order valence-corrected chi connectivity index (χ0v) is 11.0. The van der Waals surface area contributed by atoms with Gasteiger partial charge in [-0.3, -0.25) is 0 Å². The van der Waals surface area contributed by atoms with E-state index < -0.39 is 0 Å². The molecule has 94 valence electrons. The number of hydrogen-bond acceptors (Lipinski definition) is 1. The molecule has 0 aliphatic rings. The van der Waals surface area contributed by atoms with E-state index in [-0.39, 0.29) is 5.82 Å². The van der Waals surface area contributed by atoms with Crippen LogP contribution in [0.5, 0.6) is 0 Å². The molecule has 1 nitrogen and oxygen atoms in total. The molecule has 0 spiro atoms. The van der Waals surface area contributed by atoms with Crippen LogP contribution in [0.15, 0.2) is 36.4 Å². The van der Waals surface area contributed by atoms with Crippen LogP contribution in [0.1, 0.15) is 16.7 Å². The van der Waals surface area contributed by atoms with Crippen molar-refractivity contribution in [3.8, 4) is 11.1 Å². The third kappa shape index (κ3) is 2.44. The highest BCUT2D eigenvalue weighted by Gasteiger charge is 2.08. The van der Waals surface area contributed by atoms with Crippen LogP contribution < -0.4 is 5.32 Å². The normalized spacial score (nSPS) is 10.7. The molecule has 0 aliphatic carbocycles. The lowest BCUT2D eigenvalue weighted by Gasteiger charge is -2.13. The minimum Gasteiger partial charge on any atom is -0.316 e. The highest BCUT2D eigenvalue weighted by molar-refractivity contribution is 5.66. The predicted octanol–water partition coefficient (Wildman–Crippen LogP) is 3.83. The van der Waals surface area contributed by atoms with Crippen molar-refractivity contribution in [1.82, 2.24) is 5.32 Å². The van der Waals surface area contributed by atoms with Gasteiger partial charge in [0.05, 0.1) is 0 Å². The minimum absolute atomic E-state index is 0.169. The van der Waals surface area contributed by atoms with Crippen molar-refractivity contribution >= 4 is 0 Å². The molecule has 0 saturated heterocycles. The van der Waals surface area contributed by atoms with Crippen LogP contribution >= 0.6 is 0 Å². The van der Waals surface area contributed by atoms with E-state index in [2.05, 4.69) is 31.3 Å². The lowest BCUT2D eigenvalue weighted by Crippen LogP contribution is -2.08. The van der Waals surface area contributed by atoms with Crippen molar-refractivity contribution in [3.05, 3.63) is 58.9 Å². The summed E-state index contributed by atoms with van der Waals surface area (Å²) < 4.78 is 13.8. The third-order valence-electron chi connectivity index (χ3n) is 3.23. The van der Waals surface area contributed by atoms with E-state index in [0.29, 0.717) is 5.56 Å². The quantitative estimate of drug-likeness (QED) is 0.864. The van der Waals surface area contributed by atoms with Gasteiger partial charge in [-0.05, 0) is 49.2 Å². The number of aryl methyl sites for hydroxylation is 2. The second-order valence-electron chi connectivity index (χ2n) is 4.60. The van der Waals surface area contributed by atoms with Gasteiger partial charge < -0.3 is 5.32 Å². The van der Waals surface area contributed by atoms with Crippen molar-refractivity contribution in [2.45, 2.75) is 20.4 Å². The van der Waals surface area contributed by atoms with Gasteiger partial charge in [-0.1, -0.05) is 30.3 Å². The number of rotatable bonds is 3. The number of benzene rings is 2. The van der Waals surface area contributed by atoms with Crippen LogP contribution in [0.25, 0.3) is 11.1 Å². The van der Waals surface area contributed by atoms with E-state index in [1.54, 1.807) is 6.07 Å². The molecule has 0 radical (unpaired) electrons. The van der Waals surface area contributed by atoms with Crippen molar-refractivity contribution in [1.29, 1.82) is 0 Å². The van der Waals surface area contributed by atoms with Gasteiger partial charge in [0, 0.05) is 12.1 Å². The molecule has 0 atom stereocenters. The molecule has 0 unspecified atom stereocenters. The Hall–Kier alpha value is -1.67. The first-order chi connectivity index (χ1) is 8.63. The van der Waals surface area contributed by atoms with Crippen LogP contribution in [0.2, 0.25) is 0 Å². The van der Waals surface area contributed by atoms with Crippen molar-refractivity contribution in [2.24, 2.45) is 0 Å². The largest absolute Gasteiger partial charge is 0.316 e. The molecule has 2 aromatic rings. The molecule has 2 rings (SSSR count). The predicted molar refractivity (Wildman–Crippen MR) is 74.1 cm³/mol. The Labute approximate surface area is 108 Å². The van der Waals surface area contributed by atoms with Crippen molar-refractivity contribution in [2.75, 3.05) is 7.05 Å². The van der Waals surface area contributed by atoms with Gasteiger partial charge >= 0.3 is 0 Å². The monoisotopic (exact) mass is 243 g/mol. The lowest BCUT2D eigenvalue weighted by molar-refractivity contribution is 0.631. The summed E-state index contributed by atoms with van der Waals surface area (Å²) >= 11 is 0. The van der Waals surface area contributed by atoms with Crippen LogP contribution in [-0.4, -0.2) is 7.05 Å². The molecule has 0 bridgehead atoms. The Kier molecular flexibility index (Phi) is 3.78. The van der Waals surface area contributed by atoms with Gasteiger partial charge in [-0.15, -0.1) is 0 Å². The number of nitrogens with one attached hydrogen (secondary N) is 1. The summed E-state index contributed by atoms with van der Waals surface area (Å²) in [5.74, 6) is -0.169. The van der Waals surface area contributed by atoms with Gasteiger partial charge in [0.25, 0.3) is 0 Å². The molecular formula is C16H18FN.